The molecule has 0 fully saturated rings. The highest BCUT2D eigenvalue weighted by Crippen LogP contribution is 2.33. The zero-order valence-corrected chi connectivity index (χ0v) is 15.4. The lowest BCUT2D eigenvalue weighted by atomic mass is 9.99. The molecule has 1 aliphatic heterocycles. The van der Waals surface area contributed by atoms with Gasteiger partial charge < -0.3 is 4.74 Å². The summed E-state index contributed by atoms with van der Waals surface area (Å²) in [5, 5.41) is 2.14. The van der Waals surface area contributed by atoms with Crippen LogP contribution in [0.3, 0.4) is 0 Å². The predicted octanol–water partition coefficient (Wildman–Crippen LogP) is 6.39. The molecule has 2 nitrogen and oxygen atoms in total. The van der Waals surface area contributed by atoms with E-state index in [1.807, 2.05) is 36.4 Å². The van der Waals surface area contributed by atoms with E-state index in [9.17, 15) is 0 Å². The van der Waals surface area contributed by atoms with Crippen molar-refractivity contribution in [1.29, 1.82) is 0 Å². The fraction of sp³-hybridized carbons (Fsp3) is 0.0870. The summed E-state index contributed by atoms with van der Waals surface area (Å²) >= 11 is 1.68. The summed E-state index contributed by atoms with van der Waals surface area (Å²) in [5.41, 5.74) is 5.53. The molecular formula is C23H19NOS. The SMILES string of the molecule is Cc1ccc(N=C2OCc3ccccc3C2=CSc2ccccc2)cc1. The molecule has 0 unspecified atom stereocenters. The van der Waals surface area contributed by atoms with Crippen molar-refractivity contribution in [3.05, 3.63) is 101 Å². The average Bonchev–Trinajstić information content (AvgIpc) is 2.69. The van der Waals surface area contributed by atoms with Crippen LogP contribution in [0.1, 0.15) is 16.7 Å². The van der Waals surface area contributed by atoms with Crippen molar-refractivity contribution >= 4 is 28.9 Å². The maximum absolute atomic E-state index is 6.01. The van der Waals surface area contributed by atoms with Crippen LogP contribution in [0.15, 0.2) is 94.2 Å². The molecule has 3 heteroatoms. The molecule has 1 heterocycles. The van der Waals surface area contributed by atoms with E-state index in [2.05, 4.69) is 54.8 Å². The maximum Gasteiger partial charge on any atom is 0.222 e. The Balaban J connectivity index is 1.74. The quantitative estimate of drug-likeness (QED) is 0.507. The molecule has 128 valence electrons. The molecule has 0 bridgehead atoms. The average molecular weight is 357 g/mol. The standard InChI is InChI=1S/C23H19NOS/c1-17-11-13-19(14-12-17)24-23-22(16-26-20-8-3-2-4-9-20)21-10-6-5-7-18(21)15-25-23/h2-14,16H,15H2,1H3. The number of fused-ring (bicyclic) bond motifs is 1. The van der Waals surface area contributed by atoms with E-state index in [1.165, 1.54) is 21.6 Å². The maximum atomic E-state index is 6.01. The van der Waals surface area contributed by atoms with E-state index in [-0.39, 0.29) is 0 Å². The van der Waals surface area contributed by atoms with Crippen molar-refractivity contribution in [2.75, 3.05) is 0 Å². The molecule has 3 aromatic carbocycles. The molecule has 1 aliphatic rings. The number of nitrogens with zero attached hydrogens (tertiary/aromatic N) is 1. The number of hydrogen-bond donors (Lipinski definition) is 0. The Kier molecular flexibility index (Phi) is 4.89. The molecule has 0 atom stereocenters. The molecule has 0 aromatic heterocycles. The lowest BCUT2D eigenvalue weighted by Crippen LogP contribution is -2.15. The smallest absolute Gasteiger partial charge is 0.222 e. The predicted molar refractivity (Wildman–Crippen MR) is 110 cm³/mol. The van der Waals surface area contributed by atoms with Gasteiger partial charge in [0.15, 0.2) is 0 Å². The largest absolute Gasteiger partial charge is 0.472 e. The minimum atomic E-state index is 0.550. The second-order valence-corrected chi connectivity index (χ2v) is 7.10. The lowest BCUT2D eigenvalue weighted by molar-refractivity contribution is 0.291. The Bertz CT molecular complexity index is 959. The molecule has 0 N–H and O–H groups in total. The van der Waals surface area contributed by atoms with Crippen LogP contribution < -0.4 is 0 Å². The highest BCUT2D eigenvalue weighted by Gasteiger charge is 2.21. The Labute approximate surface area is 158 Å². The number of benzene rings is 3. The van der Waals surface area contributed by atoms with Crippen LogP contribution in [0.25, 0.3) is 5.57 Å². The molecule has 0 aliphatic carbocycles. The third-order valence-electron chi connectivity index (χ3n) is 4.22. The number of ether oxygens (including phenoxy) is 1. The second kappa shape index (κ2) is 7.63. The van der Waals surface area contributed by atoms with Crippen LogP contribution in [0.4, 0.5) is 5.69 Å². The van der Waals surface area contributed by atoms with E-state index in [4.69, 9.17) is 9.73 Å². The lowest BCUT2D eigenvalue weighted by Gasteiger charge is -2.22. The molecule has 0 saturated carbocycles. The van der Waals surface area contributed by atoms with Gasteiger partial charge >= 0.3 is 0 Å². The summed E-state index contributed by atoms with van der Waals surface area (Å²) in [4.78, 5) is 5.96. The molecule has 0 amide bonds. The van der Waals surface area contributed by atoms with Crippen LogP contribution in [0.5, 0.6) is 0 Å². The summed E-state index contributed by atoms with van der Waals surface area (Å²) in [5.74, 6) is 0.677. The van der Waals surface area contributed by atoms with Gasteiger partial charge in [0.05, 0.1) is 11.3 Å². The van der Waals surface area contributed by atoms with Gasteiger partial charge in [-0.15, -0.1) is 0 Å². The van der Waals surface area contributed by atoms with Gasteiger partial charge in [0.1, 0.15) is 6.61 Å². The van der Waals surface area contributed by atoms with Gasteiger partial charge in [-0.3, -0.25) is 0 Å². The van der Waals surface area contributed by atoms with Crippen LogP contribution in [0, 0.1) is 6.92 Å². The van der Waals surface area contributed by atoms with Crippen LogP contribution >= 0.6 is 11.8 Å². The van der Waals surface area contributed by atoms with Crippen LogP contribution in [-0.2, 0) is 11.3 Å². The van der Waals surface area contributed by atoms with Gasteiger partial charge in [0.25, 0.3) is 0 Å². The van der Waals surface area contributed by atoms with Gasteiger partial charge in [0.2, 0.25) is 5.90 Å². The topological polar surface area (TPSA) is 21.6 Å². The molecule has 0 spiro atoms. The summed E-state index contributed by atoms with van der Waals surface area (Å²) in [6.45, 7) is 2.63. The summed E-state index contributed by atoms with van der Waals surface area (Å²) in [6.07, 6.45) is 0. The number of hydrogen-bond acceptors (Lipinski definition) is 3. The first-order valence-electron chi connectivity index (χ1n) is 8.58. The highest BCUT2D eigenvalue weighted by atomic mass is 32.2. The molecule has 4 rings (SSSR count). The van der Waals surface area contributed by atoms with Crippen molar-refractivity contribution in [2.24, 2.45) is 4.99 Å². The molecule has 0 radical (unpaired) electrons. The van der Waals surface area contributed by atoms with Gasteiger partial charge in [-0.25, -0.2) is 4.99 Å². The van der Waals surface area contributed by atoms with Gasteiger partial charge in [-0.1, -0.05) is 71.9 Å². The third kappa shape index (κ3) is 3.73. The van der Waals surface area contributed by atoms with E-state index in [0.717, 1.165) is 11.3 Å². The second-order valence-electron chi connectivity index (χ2n) is 6.16. The Hall–Kier alpha value is -2.78. The van der Waals surface area contributed by atoms with Gasteiger partial charge in [-0.2, -0.15) is 0 Å². The Morgan fingerprint density at radius 3 is 2.42 bits per heavy atom. The third-order valence-corrected chi connectivity index (χ3v) is 5.12. The highest BCUT2D eigenvalue weighted by molar-refractivity contribution is 8.02. The van der Waals surface area contributed by atoms with E-state index in [0.29, 0.717) is 12.5 Å². The van der Waals surface area contributed by atoms with Crippen molar-refractivity contribution in [3.8, 4) is 0 Å². The zero-order valence-electron chi connectivity index (χ0n) is 14.6. The number of aliphatic imine (C=N–C) groups is 1. The monoisotopic (exact) mass is 357 g/mol. The Morgan fingerprint density at radius 1 is 0.885 bits per heavy atom. The molecule has 3 aromatic rings. The molecular weight excluding hydrogens is 338 g/mol. The van der Waals surface area contributed by atoms with E-state index < -0.39 is 0 Å². The minimum Gasteiger partial charge on any atom is -0.472 e. The minimum absolute atomic E-state index is 0.550. The Morgan fingerprint density at radius 2 is 1.62 bits per heavy atom. The summed E-state index contributed by atoms with van der Waals surface area (Å²) < 4.78 is 6.01. The summed E-state index contributed by atoms with van der Waals surface area (Å²) in [7, 11) is 0. The number of thioether (sulfide) groups is 1. The van der Waals surface area contributed by atoms with Gasteiger partial charge in [0, 0.05) is 4.90 Å². The summed E-state index contributed by atoms with van der Waals surface area (Å²) in [6, 6.07) is 26.9. The normalized spacial score (nSPS) is 16.3. The molecule has 0 saturated heterocycles. The number of rotatable bonds is 3. The van der Waals surface area contributed by atoms with Gasteiger partial charge in [-0.05, 0) is 47.7 Å². The van der Waals surface area contributed by atoms with Crippen molar-refractivity contribution in [3.63, 3.8) is 0 Å². The zero-order chi connectivity index (χ0) is 17.8. The molecule has 26 heavy (non-hydrogen) atoms. The fourth-order valence-electron chi connectivity index (χ4n) is 2.82. The fourth-order valence-corrected chi connectivity index (χ4v) is 3.61. The first kappa shape index (κ1) is 16.7. The van der Waals surface area contributed by atoms with Crippen molar-refractivity contribution in [1.82, 2.24) is 0 Å². The first-order valence-corrected chi connectivity index (χ1v) is 9.46. The van der Waals surface area contributed by atoms with Crippen molar-refractivity contribution in [2.45, 2.75) is 18.4 Å². The first-order chi connectivity index (χ1) is 12.8. The van der Waals surface area contributed by atoms with Crippen LogP contribution in [-0.4, -0.2) is 5.90 Å². The van der Waals surface area contributed by atoms with Crippen LogP contribution in [0.2, 0.25) is 0 Å². The van der Waals surface area contributed by atoms with Crippen molar-refractivity contribution < 1.29 is 4.74 Å². The van der Waals surface area contributed by atoms with E-state index in [1.54, 1.807) is 11.8 Å². The number of aryl methyl sites for hydroxylation is 1. The van der Waals surface area contributed by atoms with E-state index >= 15 is 0 Å².